The molecule has 0 aliphatic carbocycles. The van der Waals surface area contributed by atoms with Gasteiger partial charge in [0.15, 0.2) is 0 Å². The zero-order chi connectivity index (χ0) is 14.2. The molecule has 4 nitrogen and oxygen atoms in total. The fourth-order valence-electron chi connectivity index (χ4n) is 1.81. The van der Waals surface area contributed by atoms with Gasteiger partial charge in [-0.3, -0.25) is 5.41 Å². The largest absolute Gasteiger partial charge is 0.418 e. The van der Waals surface area contributed by atoms with Crippen LogP contribution in [0.3, 0.4) is 0 Å². The quantitative estimate of drug-likeness (QED) is 0.649. The maximum atomic E-state index is 12.9. The number of nitrogens with two attached hydrogens (primary N) is 1. The lowest BCUT2D eigenvalue weighted by Crippen LogP contribution is -2.14. The molecule has 1 aromatic heterocycles. The third-order valence-electron chi connectivity index (χ3n) is 2.74. The molecule has 0 unspecified atom stereocenters. The maximum Gasteiger partial charge on any atom is 0.418 e. The van der Waals surface area contributed by atoms with Crippen molar-refractivity contribution in [3.05, 3.63) is 47.3 Å². The van der Waals surface area contributed by atoms with Crippen molar-refractivity contribution >= 4 is 5.84 Å². The number of amidine groups is 1. The maximum absolute atomic E-state index is 12.9. The minimum atomic E-state index is -4.47. The average molecular weight is 268 g/mol. The predicted molar refractivity (Wildman–Crippen MR) is 64.3 cm³/mol. The van der Waals surface area contributed by atoms with Crippen molar-refractivity contribution < 1.29 is 13.2 Å². The van der Waals surface area contributed by atoms with Crippen LogP contribution in [0.4, 0.5) is 13.2 Å². The van der Waals surface area contributed by atoms with E-state index in [-0.39, 0.29) is 11.5 Å². The third-order valence-corrected chi connectivity index (χ3v) is 2.74. The fraction of sp³-hybridized carbons (Fsp3) is 0.167. The normalized spacial score (nSPS) is 11.6. The van der Waals surface area contributed by atoms with Gasteiger partial charge in [0.2, 0.25) is 0 Å². The van der Waals surface area contributed by atoms with Crippen LogP contribution in [-0.2, 0) is 6.18 Å². The Morgan fingerprint density at radius 2 is 1.95 bits per heavy atom. The second kappa shape index (κ2) is 4.42. The van der Waals surface area contributed by atoms with E-state index in [1.54, 1.807) is 6.92 Å². The Bertz CT molecular complexity index is 628. The van der Waals surface area contributed by atoms with E-state index in [9.17, 15) is 13.2 Å². The molecule has 0 saturated heterocycles. The fourth-order valence-corrected chi connectivity index (χ4v) is 1.81. The van der Waals surface area contributed by atoms with E-state index in [1.165, 1.54) is 24.4 Å². The van der Waals surface area contributed by atoms with Crippen molar-refractivity contribution in [3.63, 3.8) is 0 Å². The number of halogens is 3. The Balaban J connectivity index is 2.64. The van der Waals surface area contributed by atoms with Gasteiger partial charge in [-0.15, -0.1) is 0 Å². The number of nitrogens with one attached hydrogen (secondary N) is 1. The molecule has 3 N–H and O–H groups in total. The van der Waals surface area contributed by atoms with E-state index in [0.29, 0.717) is 11.3 Å². The van der Waals surface area contributed by atoms with Gasteiger partial charge in [0.1, 0.15) is 5.84 Å². The van der Waals surface area contributed by atoms with Crippen molar-refractivity contribution in [1.29, 1.82) is 5.41 Å². The summed E-state index contributed by atoms with van der Waals surface area (Å²) in [6.45, 7) is 1.57. The molecular weight excluding hydrogens is 257 g/mol. The van der Waals surface area contributed by atoms with Gasteiger partial charge >= 0.3 is 6.18 Å². The first-order valence-corrected chi connectivity index (χ1v) is 5.38. The zero-order valence-electron chi connectivity index (χ0n) is 9.99. The summed E-state index contributed by atoms with van der Waals surface area (Å²) in [6.07, 6.45) is -3.18. The summed E-state index contributed by atoms with van der Waals surface area (Å²) in [5.41, 5.74) is 5.18. The molecular formula is C12H11F3N4. The molecule has 2 rings (SSSR count). The Kier molecular flexibility index (Phi) is 3.05. The number of para-hydroxylation sites is 1. The summed E-state index contributed by atoms with van der Waals surface area (Å²) >= 11 is 0. The molecule has 0 bridgehead atoms. The highest BCUT2D eigenvalue weighted by molar-refractivity contribution is 5.95. The third kappa shape index (κ3) is 2.31. The highest BCUT2D eigenvalue weighted by Gasteiger charge is 2.34. The van der Waals surface area contributed by atoms with Gasteiger partial charge in [-0.2, -0.15) is 18.3 Å². The smallest absolute Gasteiger partial charge is 0.384 e. The first-order chi connectivity index (χ1) is 8.82. The SMILES string of the molecule is Cc1c(C(=N)N)cnn1-c1ccccc1C(F)(F)F. The molecule has 0 saturated carbocycles. The number of hydrogen-bond acceptors (Lipinski definition) is 2. The van der Waals surface area contributed by atoms with Crippen molar-refractivity contribution in [2.24, 2.45) is 5.73 Å². The van der Waals surface area contributed by atoms with E-state index in [2.05, 4.69) is 5.10 Å². The van der Waals surface area contributed by atoms with Crippen LogP contribution in [0, 0.1) is 12.3 Å². The van der Waals surface area contributed by atoms with E-state index in [4.69, 9.17) is 11.1 Å². The second-order valence-electron chi connectivity index (χ2n) is 3.98. The Hall–Kier alpha value is -2.31. The van der Waals surface area contributed by atoms with Crippen LogP contribution in [-0.4, -0.2) is 15.6 Å². The van der Waals surface area contributed by atoms with Crippen molar-refractivity contribution in [2.75, 3.05) is 0 Å². The van der Waals surface area contributed by atoms with Crippen LogP contribution in [0.25, 0.3) is 5.69 Å². The van der Waals surface area contributed by atoms with Gasteiger partial charge in [0.05, 0.1) is 28.7 Å². The number of nitrogens with zero attached hydrogens (tertiary/aromatic N) is 2. The van der Waals surface area contributed by atoms with Gasteiger partial charge in [-0.1, -0.05) is 12.1 Å². The lowest BCUT2D eigenvalue weighted by molar-refractivity contribution is -0.137. The van der Waals surface area contributed by atoms with Crippen LogP contribution in [0.2, 0.25) is 0 Å². The Labute approximate surface area is 107 Å². The highest BCUT2D eigenvalue weighted by atomic mass is 19.4. The van der Waals surface area contributed by atoms with Gasteiger partial charge < -0.3 is 5.73 Å². The van der Waals surface area contributed by atoms with Gasteiger partial charge in [0, 0.05) is 0 Å². The molecule has 1 aromatic carbocycles. The molecule has 1 heterocycles. The van der Waals surface area contributed by atoms with E-state index >= 15 is 0 Å². The highest BCUT2D eigenvalue weighted by Crippen LogP contribution is 2.34. The number of alkyl halides is 3. The van der Waals surface area contributed by atoms with E-state index < -0.39 is 11.7 Å². The summed E-state index contributed by atoms with van der Waals surface area (Å²) in [5.74, 6) is -0.228. The van der Waals surface area contributed by atoms with Crippen molar-refractivity contribution in [3.8, 4) is 5.69 Å². The molecule has 100 valence electrons. The molecule has 0 amide bonds. The van der Waals surface area contributed by atoms with Crippen LogP contribution >= 0.6 is 0 Å². The first kappa shape index (κ1) is 13.1. The molecule has 0 fully saturated rings. The van der Waals surface area contributed by atoms with E-state index in [1.807, 2.05) is 0 Å². The minimum Gasteiger partial charge on any atom is -0.384 e. The van der Waals surface area contributed by atoms with Crippen molar-refractivity contribution in [2.45, 2.75) is 13.1 Å². The molecule has 0 radical (unpaired) electrons. The van der Waals surface area contributed by atoms with Crippen molar-refractivity contribution in [1.82, 2.24) is 9.78 Å². The van der Waals surface area contributed by atoms with Gasteiger partial charge in [-0.25, -0.2) is 4.68 Å². The number of rotatable bonds is 2. The standard InChI is InChI=1S/C12H11F3N4/c1-7-8(11(16)17)6-18-19(7)10-5-3-2-4-9(10)12(13,14)15/h2-6H,1H3,(H3,16,17). The minimum absolute atomic E-state index is 0.0833. The monoisotopic (exact) mass is 268 g/mol. The second-order valence-corrected chi connectivity index (χ2v) is 3.98. The van der Waals surface area contributed by atoms with Crippen LogP contribution in [0.1, 0.15) is 16.8 Å². The molecule has 0 aliphatic rings. The molecule has 0 atom stereocenters. The molecule has 7 heteroatoms. The van der Waals surface area contributed by atoms with Gasteiger partial charge in [-0.05, 0) is 19.1 Å². The summed E-state index contributed by atoms with van der Waals surface area (Å²) < 4.78 is 39.9. The summed E-state index contributed by atoms with van der Waals surface area (Å²) in [7, 11) is 0. The van der Waals surface area contributed by atoms with E-state index in [0.717, 1.165) is 10.7 Å². The topological polar surface area (TPSA) is 67.7 Å². The lowest BCUT2D eigenvalue weighted by atomic mass is 10.1. The predicted octanol–water partition coefficient (Wildman–Crippen LogP) is 2.48. The number of nitrogen functional groups attached to an aromatic ring is 1. The van der Waals surface area contributed by atoms with Crippen LogP contribution in [0.5, 0.6) is 0 Å². The lowest BCUT2D eigenvalue weighted by Gasteiger charge is -2.13. The summed E-state index contributed by atoms with van der Waals surface area (Å²) in [5, 5.41) is 11.2. The number of aromatic nitrogens is 2. The molecule has 19 heavy (non-hydrogen) atoms. The summed E-state index contributed by atoms with van der Waals surface area (Å²) in [4.78, 5) is 0. The Morgan fingerprint density at radius 3 is 2.47 bits per heavy atom. The van der Waals surface area contributed by atoms with Crippen LogP contribution < -0.4 is 5.73 Å². The molecule has 0 aliphatic heterocycles. The molecule has 0 spiro atoms. The molecule has 2 aromatic rings. The zero-order valence-corrected chi connectivity index (χ0v) is 9.99. The number of hydrogen-bond donors (Lipinski definition) is 2. The Morgan fingerprint density at radius 1 is 1.32 bits per heavy atom. The average Bonchev–Trinajstić information content (AvgIpc) is 2.70. The summed E-state index contributed by atoms with van der Waals surface area (Å²) in [6, 6.07) is 5.13. The first-order valence-electron chi connectivity index (χ1n) is 5.38. The van der Waals surface area contributed by atoms with Gasteiger partial charge in [0.25, 0.3) is 0 Å². The number of benzene rings is 1. The van der Waals surface area contributed by atoms with Crippen LogP contribution in [0.15, 0.2) is 30.5 Å².